The fraction of sp³-hybridized carbons (Fsp3) is 0.304. The Bertz CT molecular complexity index is 996. The summed E-state index contributed by atoms with van der Waals surface area (Å²) in [5.41, 5.74) is 4.56. The van der Waals surface area contributed by atoms with Gasteiger partial charge in [-0.25, -0.2) is 0 Å². The van der Waals surface area contributed by atoms with Crippen molar-refractivity contribution in [1.29, 1.82) is 0 Å². The molecule has 0 bridgehead atoms. The monoisotopic (exact) mass is 393 g/mol. The lowest BCUT2D eigenvalue weighted by Gasteiger charge is -2.19. The van der Waals surface area contributed by atoms with Gasteiger partial charge in [0.15, 0.2) is 0 Å². The Hall–Kier alpha value is -3.28. The molecule has 0 saturated heterocycles. The second-order valence-electron chi connectivity index (χ2n) is 7.03. The molecule has 29 heavy (non-hydrogen) atoms. The molecule has 0 aliphatic rings. The second kappa shape index (κ2) is 8.82. The minimum absolute atomic E-state index is 0.0248. The van der Waals surface area contributed by atoms with E-state index in [1.54, 1.807) is 32.4 Å². The Morgan fingerprint density at radius 2 is 1.90 bits per heavy atom. The van der Waals surface area contributed by atoms with E-state index in [9.17, 15) is 4.79 Å². The maximum atomic E-state index is 13.1. The summed E-state index contributed by atoms with van der Waals surface area (Å²) in [6, 6.07) is 13.4. The minimum Gasteiger partial charge on any atom is -0.497 e. The van der Waals surface area contributed by atoms with Crippen LogP contribution in [0, 0.1) is 13.8 Å². The molecule has 3 aromatic rings. The first-order valence-corrected chi connectivity index (χ1v) is 9.47. The first-order valence-electron chi connectivity index (χ1n) is 9.47. The molecule has 0 fully saturated rings. The quantitative estimate of drug-likeness (QED) is 0.612. The first kappa shape index (κ1) is 20.5. The molecule has 0 spiro atoms. The van der Waals surface area contributed by atoms with Gasteiger partial charge in [0.1, 0.15) is 11.5 Å². The zero-order valence-corrected chi connectivity index (χ0v) is 17.6. The van der Waals surface area contributed by atoms with E-state index in [-0.39, 0.29) is 5.91 Å². The maximum absolute atomic E-state index is 13.1. The highest BCUT2D eigenvalue weighted by Crippen LogP contribution is 2.26. The average Bonchev–Trinajstić information content (AvgIpc) is 3.02. The van der Waals surface area contributed by atoms with Crippen molar-refractivity contribution in [3.63, 3.8) is 0 Å². The predicted octanol–water partition coefficient (Wildman–Crippen LogP) is 3.84. The van der Waals surface area contributed by atoms with Crippen LogP contribution in [-0.4, -0.2) is 41.6 Å². The molecule has 1 aromatic carbocycles. The highest BCUT2D eigenvalue weighted by molar-refractivity contribution is 5.95. The highest BCUT2D eigenvalue weighted by atomic mass is 16.5. The van der Waals surface area contributed by atoms with E-state index < -0.39 is 0 Å². The van der Waals surface area contributed by atoms with Gasteiger partial charge >= 0.3 is 0 Å². The number of aryl methyl sites for hydroxylation is 1. The molecule has 0 N–H and O–H groups in total. The van der Waals surface area contributed by atoms with Crippen LogP contribution >= 0.6 is 0 Å². The number of amides is 1. The summed E-state index contributed by atoms with van der Waals surface area (Å²) in [7, 11) is 5.03. The largest absolute Gasteiger partial charge is 0.497 e. The smallest absolute Gasteiger partial charge is 0.255 e. The number of ether oxygens (including phenoxy) is 2. The van der Waals surface area contributed by atoms with Crippen molar-refractivity contribution in [1.82, 2.24) is 14.5 Å². The highest BCUT2D eigenvalue weighted by Gasteiger charge is 2.20. The average molecular weight is 393 g/mol. The summed E-state index contributed by atoms with van der Waals surface area (Å²) < 4.78 is 12.8. The fourth-order valence-electron chi connectivity index (χ4n) is 3.43. The van der Waals surface area contributed by atoms with Crippen LogP contribution in [0.1, 0.15) is 33.0 Å². The number of pyridine rings is 1. The molecule has 0 aliphatic heterocycles. The Morgan fingerprint density at radius 3 is 2.55 bits per heavy atom. The molecule has 0 aliphatic carbocycles. The summed E-state index contributed by atoms with van der Waals surface area (Å²) in [5.74, 6) is 1.39. The Kier molecular flexibility index (Phi) is 6.22. The van der Waals surface area contributed by atoms with Gasteiger partial charge in [-0.05, 0) is 44.2 Å². The zero-order valence-electron chi connectivity index (χ0n) is 17.6. The van der Waals surface area contributed by atoms with Gasteiger partial charge in [-0.2, -0.15) is 0 Å². The van der Waals surface area contributed by atoms with Crippen molar-refractivity contribution in [3.8, 4) is 11.5 Å². The van der Waals surface area contributed by atoms with Crippen molar-refractivity contribution in [2.45, 2.75) is 26.9 Å². The molecule has 3 rings (SSSR count). The van der Waals surface area contributed by atoms with Gasteiger partial charge in [-0.1, -0.05) is 6.07 Å². The molecule has 6 nitrogen and oxygen atoms in total. The van der Waals surface area contributed by atoms with Crippen molar-refractivity contribution >= 4 is 5.91 Å². The molecule has 152 valence electrons. The zero-order chi connectivity index (χ0) is 21.0. The van der Waals surface area contributed by atoms with Gasteiger partial charge in [-0.15, -0.1) is 0 Å². The summed E-state index contributed by atoms with van der Waals surface area (Å²) in [4.78, 5) is 19.2. The van der Waals surface area contributed by atoms with E-state index in [0.717, 1.165) is 28.4 Å². The number of benzene rings is 1. The molecule has 6 heteroatoms. The number of hydrogen-bond donors (Lipinski definition) is 0. The molecule has 0 unspecified atom stereocenters. The van der Waals surface area contributed by atoms with Crippen LogP contribution in [0.3, 0.4) is 0 Å². The van der Waals surface area contributed by atoms with Gasteiger partial charge in [0.25, 0.3) is 5.91 Å². The fourth-order valence-corrected chi connectivity index (χ4v) is 3.43. The Balaban J connectivity index is 1.81. The van der Waals surface area contributed by atoms with Gasteiger partial charge in [0.2, 0.25) is 0 Å². The van der Waals surface area contributed by atoms with Crippen molar-refractivity contribution < 1.29 is 14.3 Å². The SMILES string of the molecule is COc1ccc(CN(C)C(=O)c2cc(C)n(Cc3ccccn3)c2C)c(OC)c1. The number of rotatable bonds is 7. The van der Waals surface area contributed by atoms with Crippen LogP contribution in [0.25, 0.3) is 0 Å². The molecule has 0 radical (unpaired) electrons. The summed E-state index contributed by atoms with van der Waals surface area (Å²) >= 11 is 0. The van der Waals surface area contributed by atoms with Gasteiger partial charge in [-0.3, -0.25) is 9.78 Å². The van der Waals surface area contributed by atoms with Crippen molar-refractivity contribution in [3.05, 3.63) is 76.9 Å². The van der Waals surface area contributed by atoms with E-state index in [0.29, 0.717) is 24.4 Å². The summed E-state index contributed by atoms with van der Waals surface area (Å²) in [5, 5.41) is 0. The van der Waals surface area contributed by atoms with Gasteiger partial charge < -0.3 is 18.9 Å². The first-order chi connectivity index (χ1) is 13.9. The molecule has 0 atom stereocenters. The third-order valence-corrected chi connectivity index (χ3v) is 5.10. The van der Waals surface area contributed by atoms with Crippen LogP contribution in [-0.2, 0) is 13.1 Å². The topological polar surface area (TPSA) is 56.6 Å². The Morgan fingerprint density at radius 1 is 1.10 bits per heavy atom. The normalized spacial score (nSPS) is 10.7. The third-order valence-electron chi connectivity index (χ3n) is 5.10. The van der Waals surface area contributed by atoms with Gasteiger partial charge in [0.05, 0.1) is 32.0 Å². The number of carbonyl (C=O) groups is 1. The lowest BCUT2D eigenvalue weighted by Crippen LogP contribution is -2.27. The van der Waals surface area contributed by atoms with E-state index in [1.165, 1.54) is 0 Å². The molecule has 2 aromatic heterocycles. The minimum atomic E-state index is -0.0248. The third kappa shape index (κ3) is 4.42. The van der Waals surface area contributed by atoms with E-state index >= 15 is 0 Å². The predicted molar refractivity (Wildman–Crippen MR) is 113 cm³/mol. The number of hydrogen-bond acceptors (Lipinski definition) is 4. The Labute approximate surface area is 171 Å². The summed E-state index contributed by atoms with van der Waals surface area (Å²) in [6.07, 6.45) is 1.78. The summed E-state index contributed by atoms with van der Waals surface area (Å²) in [6.45, 7) is 5.07. The van der Waals surface area contributed by atoms with E-state index in [2.05, 4.69) is 9.55 Å². The van der Waals surface area contributed by atoms with Crippen LogP contribution in [0.5, 0.6) is 11.5 Å². The number of aromatic nitrogens is 2. The van der Waals surface area contributed by atoms with Crippen LogP contribution in [0.2, 0.25) is 0 Å². The molecular weight excluding hydrogens is 366 g/mol. The van der Waals surface area contributed by atoms with Crippen LogP contribution in [0.4, 0.5) is 0 Å². The number of nitrogens with zero attached hydrogens (tertiary/aromatic N) is 3. The van der Waals surface area contributed by atoms with Crippen LogP contribution in [0.15, 0.2) is 48.7 Å². The lowest BCUT2D eigenvalue weighted by atomic mass is 10.1. The van der Waals surface area contributed by atoms with E-state index in [4.69, 9.17) is 9.47 Å². The molecule has 0 saturated carbocycles. The van der Waals surface area contributed by atoms with E-state index in [1.807, 2.05) is 56.3 Å². The molecule has 1 amide bonds. The lowest BCUT2D eigenvalue weighted by molar-refractivity contribution is 0.0783. The van der Waals surface area contributed by atoms with Crippen molar-refractivity contribution in [2.24, 2.45) is 0 Å². The number of carbonyl (C=O) groups excluding carboxylic acids is 1. The molecular formula is C23H27N3O3. The number of methoxy groups -OCH3 is 2. The second-order valence-corrected chi connectivity index (χ2v) is 7.03. The van der Waals surface area contributed by atoms with Crippen LogP contribution < -0.4 is 9.47 Å². The standard InChI is InChI=1S/C23H27N3O3/c1-16-12-21(17(2)26(16)15-19-8-6-7-11-24-19)23(27)25(3)14-18-9-10-20(28-4)13-22(18)29-5/h6-13H,14-15H2,1-5H3. The molecule has 2 heterocycles. The van der Waals surface area contributed by atoms with Crippen molar-refractivity contribution in [2.75, 3.05) is 21.3 Å². The van der Waals surface area contributed by atoms with Gasteiger partial charge in [0, 0.05) is 42.8 Å². The maximum Gasteiger partial charge on any atom is 0.255 e.